The third-order valence-electron chi connectivity index (χ3n) is 2.38. The summed E-state index contributed by atoms with van der Waals surface area (Å²) in [6, 6.07) is 2.21. The second kappa shape index (κ2) is 2.66. The molecule has 3 rings (SSSR count). The monoisotopic (exact) mass is 207 g/mol. The number of fused-ring (bicyclic) bond motifs is 3. The van der Waals surface area contributed by atoms with E-state index in [-0.39, 0.29) is 0 Å². The Hall–Kier alpha value is -0.670. The Morgan fingerprint density at radius 2 is 2.15 bits per heavy atom. The highest BCUT2D eigenvalue weighted by Gasteiger charge is 2.20. The Morgan fingerprint density at radius 1 is 1.31 bits per heavy atom. The van der Waals surface area contributed by atoms with Gasteiger partial charge >= 0.3 is 0 Å². The smallest absolute Gasteiger partial charge is 0.0904 e. The fraction of sp³-hybridized carbons (Fsp3) is 0.300. The lowest BCUT2D eigenvalue weighted by Crippen LogP contribution is -1.97. The van der Waals surface area contributed by atoms with Gasteiger partial charge in [0.25, 0.3) is 0 Å². The summed E-state index contributed by atoms with van der Waals surface area (Å²) in [6.07, 6.45) is 2.40. The van der Waals surface area contributed by atoms with Crippen LogP contribution in [0.25, 0.3) is 11.3 Å². The largest absolute Gasteiger partial charge is 0.241 e. The van der Waals surface area contributed by atoms with Crippen LogP contribution in [-0.2, 0) is 12.8 Å². The van der Waals surface area contributed by atoms with Gasteiger partial charge in [-0.3, -0.25) is 0 Å². The van der Waals surface area contributed by atoms with E-state index >= 15 is 0 Å². The van der Waals surface area contributed by atoms with Gasteiger partial charge in [0.05, 0.1) is 10.7 Å². The molecule has 0 saturated carbocycles. The number of rotatable bonds is 0. The van der Waals surface area contributed by atoms with Crippen LogP contribution < -0.4 is 0 Å². The van der Waals surface area contributed by atoms with E-state index in [0.717, 1.165) is 0 Å². The van der Waals surface area contributed by atoms with E-state index in [9.17, 15) is 0 Å². The molecule has 0 atom stereocenters. The van der Waals surface area contributed by atoms with Gasteiger partial charge in [-0.05, 0) is 31.2 Å². The van der Waals surface area contributed by atoms with Crippen LogP contribution in [0.15, 0.2) is 11.4 Å². The van der Waals surface area contributed by atoms with E-state index in [1.54, 1.807) is 0 Å². The summed E-state index contributed by atoms with van der Waals surface area (Å²) in [4.78, 5) is 7.58. The normalized spacial score (nSPS) is 13.9. The zero-order valence-electron chi connectivity index (χ0n) is 7.33. The van der Waals surface area contributed by atoms with Gasteiger partial charge in [0, 0.05) is 15.3 Å². The summed E-state index contributed by atoms with van der Waals surface area (Å²) in [5.41, 5.74) is 2.64. The first-order chi connectivity index (χ1) is 6.34. The van der Waals surface area contributed by atoms with Crippen LogP contribution in [0.3, 0.4) is 0 Å². The maximum Gasteiger partial charge on any atom is 0.0904 e. The summed E-state index contributed by atoms with van der Waals surface area (Å²) >= 11 is 3.71. The first kappa shape index (κ1) is 7.71. The Morgan fingerprint density at radius 3 is 3.08 bits per heavy atom. The molecule has 0 aromatic carbocycles. The molecule has 0 radical (unpaired) electrons. The minimum atomic E-state index is 1.19. The van der Waals surface area contributed by atoms with Crippen molar-refractivity contribution in [2.24, 2.45) is 0 Å². The van der Waals surface area contributed by atoms with Crippen LogP contribution in [0.5, 0.6) is 0 Å². The van der Waals surface area contributed by atoms with Crippen molar-refractivity contribution < 1.29 is 0 Å². The molecule has 2 heterocycles. The van der Waals surface area contributed by atoms with Crippen molar-refractivity contribution in [2.75, 3.05) is 0 Å². The Balaban J connectivity index is 2.29. The molecular formula is C10H9NS2. The molecule has 0 N–H and O–H groups in total. The highest BCUT2D eigenvalue weighted by molar-refractivity contribution is 7.12. The summed E-state index contributed by atoms with van der Waals surface area (Å²) in [5.74, 6) is 0. The molecule has 2 aromatic heterocycles. The number of hydrogen-bond acceptors (Lipinski definition) is 3. The average Bonchev–Trinajstić information content (AvgIpc) is 2.65. The molecule has 0 aliphatic heterocycles. The van der Waals surface area contributed by atoms with E-state index < -0.39 is 0 Å². The molecule has 1 aliphatic rings. The zero-order valence-corrected chi connectivity index (χ0v) is 8.97. The van der Waals surface area contributed by atoms with Crippen molar-refractivity contribution in [3.05, 3.63) is 26.2 Å². The molecule has 2 aromatic rings. The molecule has 0 unspecified atom stereocenters. The van der Waals surface area contributed by atoms with Crippen molar-refractivity contribution in [1.82, 2.24) is 4.98 Å². The summed E-state index contributed by atoms with van der Waals surface area (Å²) in [6.45, 7) is 2.09. The topological polar surface area (TPSA) is 12.9 Å². The molecule has 0 saturated heterocycles. The predicted octanol–water partition coefficient (Wildman–Crippen LogP) is 3.28. The van der Waals surface area contributed by atoms with Crippen LogP contribution in [0.1, 0.15) is 14.8 Å². The van der Waals surface area contributed by atoms with E-state index in [0.29, 0.717) is 0 Å². The molecule has 3 heteroatoms. The van der Waals surface area contributed by atoms with Crippen LogP contribution >= 0.6 is 22.7 Å². The molecule has 0 fully saturated rings. The summed E-state index contributed by atoms with van der Waals surface area (Å²) in [7, 11) is 0. The van der Waals surface area contributed by atoms with Crippen LogP contribution in [-0.4, -0.2) is 4.98 Å². The molecule has 1 aliphatic carbocycles. The molecule has 13 heavy (non-hydrogen) atoms. The predicted molar refractivity (Wildman–Crippen MR) is 57.6 cm³/mol. The number of aryl methyl sites for hydroxylation is 3. The fourth-order valence-corrected chi connectivity index (χ4v) is 3.65. The van der Waals surface area contributed by atoms with E-state index in [2.05, 4.69) is 23.4 Å². The maximum absolute atomic E-state index is 4.59. The van der Waals surface area contributed by atoms with E-state index in [1.807, 2.05) is 22.7 Å². The lowest BCUT2D eigenvalue weighted by atomic mass is 10.0. The minimum Gasteiger partial charge on any atom is -0.241 e. The average molecular weight is 207 g/mol. The van der Waals surface area contributed by atoms with Gasteiger partial charge in [-0.15, -0.1) is 22.7 Å². The fourth-order valence-electron chi connectivity index (χ4n) is 1.82. The van der Waals surface area contributed by atoms with Crippen molar-refractivity contribution >= 4 is 22.7 Å². The van der Waals surface area contributed by atoms with Gasteiger partial charge in [0.2, 0.25) is 0 Å². The second-order valence-electron chi connectivity index (χ2n) is 3.26. The van der Waals surface area contributed by atoms with Crippen molar-refractivity contribution in [2.45, 2.75) is 19.8 Å². The van der Waals surface area contributed by atoms with Gasteiger partial charge in [0.1, 0.15) is 0 Å². The second-order valence-corrected chi connectivity index (χ2v) is 5.55. The lowest BCUT2D eigenvalue weighted by molar-refractivity contribution is 0.978. The van der Waals surface area contributed by atoms with Gasteiger partial charge in [0.15, 0.2) is 0 Å². The molecule has 66 valence electrons. The quantitative estimate of drug-likeness (QED) is 0.646. The van der Waals surface area contributed by atoms with Crippen LogP contribution in [0.4, 0.5) is 0 Å². The zero-order chi connectivity index (χ0) is 8.84. The van der Waals surface area contributed by atoms with Crippen LogP contribution in [0.2, 0.25) is 0 Å². The van der Waals surface area contributed by atoms with Gasteiger partial charge in [-0.2, -0.15) is 0 Å². The molecule has 0 amide bonds. The summed E-state index contributed by atoms with van der Waals surface area (Å²) in [5, 5.41) is 3.37. The minimum absolute atomic E-state index is 1.19. The molecule has 0 spiro atoms. The first-order valence-corrected chi connectivity index (χ1v) is 6.07. The lowest BCUT2D eigenvalue weighted by Gasteiger charge is -2.09. The highest BCUT2D eigenvalue weighted by Crippen LogP contribution is 2.38. The van der Waals surface area contributed by atoms with Gasteiger partial charge < -0.3 is 0 Å². The molecular weight excluding hydrogens is 198 g/mol. The maximum atomic E-state index is 4.59. The highest BCUT2D eigenvalue weighted by atomic mass is 32.1. The SMILES string of the molecule is Cc1nc2c(s1)CCc1sccc1-2. The molecule has 1 nitrogen and oxygen atoms in total. The van der Waals surface area contributed by atoms with E-state index in [4.69, 9.17) is 0 Å². The van der Waals surface area contributed by atoms with Crippen molar-refractivity contribution in [1.29, 1.82) is 0 Å². The Bertz CT molecular complexity index is 453. The Labute approximate surface area is 85.1 Å². The van der Waals surface area contributed by atoms with Gasteiger partial charge in [-0.1, -0.05) is 0 Å². The third-order valence-corrected chi connectivity index (χ3v) is 4.40. The Kier molecular flexibility index (Phi) is 1.58. The van der Waals surface area contributed by atoms with Crippen LogP contribution in [0, 0.1) is 6.92 Å². The number of thiophene rings is 1. The first-order valence-electron chi connectivity index (χ1n) is 4.37. The number of thiazole rings is 1. The summed E-state index contributed by atoms with van der Waals surface area (Å²) < 4.78 is 0. The standard InChI is InChI=1S/C10H9NS2/c1-6-11-10-7-4-5-12-8(7)2-3-9(10)13-6/h4-5H,2-3H2,1H3. The van der Waals surface area contributed by atoms with Gasteiger partial charge in [-0.25, -0.2) is 4.98 Å². The van der Waals surface area contributed by atoms with Crippen molar-refractivity contribution in [3.8, 4) is 11.3 Å². The third kappa shape index (κ3) is 1.07. The number of hydrogen-bond donors (Lipinski definition) is 0. The van der Waals surface area contributed by atoms with E-state index in [1.165, 1.54) is 38.9 Å². The number of nitrogens with zero attached hydrogens (tertiary/aromatic N) is 1. The molecule has 0 bridgehead atoms. The van der Waals surface area contributed by atoms with Crippen molar-refractivity contribution in [3.63, 3.8) is 0 Å². The number of aromatic nitrogens is 1.